The number of methoxy groups -OCH3 is 1. The highest BCUT2D eigenvalue weighted by Gasteiger charge is 2.26. The number of rotatable bonds is 9. The van der Waals surface area contributed by atoms with Crippen LogP contribution < -0.4 is 14.8 Å². The molecular weight excluding hydrogens is 354 g/mol. The third kappa shape index (κ3) is 5.77. The van der Waals surface area contributed by atoms with E-state index in [-0.39, 0.29) is 25.0 Å². The Balaban J connectivity index is 1.78. The predicted molar refractivity (Wildman–Crippen MR) is 99.9 cm³/mol. The standard InChI is InChI=1S/C19H23NO5S/c1-13(2)17(20-18(21)16-5-4-12-26-16)19(22)25-11-10-24-15-8-6-14(23-3)7-9-15/h4-9,12-13,17H,10-11H2,1-3H3,(H,20,21). The zero-order valence-electron chi connectivity index (χ0n) is 15.1. The second-order valence-corrected chi connectivity index (χ2v) is 6.81. The summed E-state index contributed by atoms with van der Waals surface area (Å²) in [5.74, 6) is 0.570. The molecule has 0 saturated heterocycles. The van der Waals surface area contributed by atoms with Gasteiger partial charge in [0.2, 0.25) is 0 Å². The van der Waals surface area contributed by atoms with Gasteiger partial charge in [-0.05, 0) is 41.6 Å². The van der Waals surface area contributed by atoms with Gasteiger partial charge in [-0.15, -0.1) is 11.3 Å². The molecule has 0 bridgehead atoms. The van der Waals surface area contributed by atoms with Crippen molar-refractivity contribution in [1.29, 1.82) is 0 Å². The van der Waals surface area contributed by atoms with Gasteiger partial charge in [-0.3, -0.25) is 4.79 Å². The molecule has 0 spiro atoms. The minimum atomic E-state index is -0.703. The summed E-state index contributed by atoms with van der Waals surface area (Å²) in [6.07, 6.45) is 0. The predicted octanol–water partition coefficient (Wildman–Crippen LogP) is 3.13. The molecule has 1 aromatic heterocycles. The number of benzene rings is 1. The van der Waals surface area contributed by atoms with Gasteiger partial charge in [0.15, 0.2) is 0 Å². The Morgan fingerprint density at radius 1 is 1.08 bits per heavy atom. The van der Waals surface area contributed by atoms with E-state index in [9.17, 15) is 9.59 Å². The molecule has 0 aliphatic rings. The molecule has 1 unspecified atom stereocenters. The van der Waals surface area contributed by atoms with Crippen LogP contribution in [0.25, 0.3) is 0 Å². The summed E-state index contributed by atoms with van der Waals surface area (Å²) in [6.45, 7) is 4.04. The second kappa shape index (κ2) is 9.82. The van der Waals surface area contributed by atoms with Crippen molar-refractivity contribution < 1.29 is 23.8 Å². The van der Waals surface area contributed by atoms with Gasteiger partial charge in [0.25, 0.3) is 5.91 Å². The molecule has 140 valence electrons. The van der Waals surface area contributed by atoms with Crippen LogP contribution in [0.15, 0.2) is 41.8 Å². The molecule has 26 heavy (non-hydrogen) atoms. The molecule has 1 N–H and O–H groups in total. The fourth-order valence-electron chi connectivity index (χ4n) is 2.18. The first-order valence-corrected chi connectivity index (χ1v) is 9.17. The van der Waals surface area contributed by atoms with Crippen LogP contribution in [0.2, 0.25) is 0 Å². The van der Waals surface area contributed by atoms with E-state index in [1.165, 1.54) is 11.3 Å². The maximum absolute atomic E-state index is 12.3. The fourth-order valence-corrected chi connectivity index (χ4v) is 2.81. The Hall–Kier alpha value is -2.54. The average Bonchev–Trinajstić information content (AvgIpc) is 3.18. The third-order valence-corrected chi connectivity index (χ3v) is 4.48. The van der Waals surface area contributed by atoms with Crippen molar-refractivity contribution in [2.24, 2.45) is 5.92 Å². The highest BCUT2D eigenvalue weighted by molar-refractivity contribution is 7.12. The van der Waals surface area contributed by atoms with Gasteiger partial charge in [-0.2, -0.15) is 0 Å². The highest BCUT2D eigenvalue weighted by Crippen LogP contribution is 2.17. The van der Waals surface area contributed by atoms with E-state index in [0.29, 0.717) is 10.6 Å². The quantitative estimate of drug-likeness (QED) is 0.537. The molecule has 0 radical (unpaired) electrons. The lowest BCUT2D eigenvalue weighted by Crippen LogP contribution is -2.45. The van der Waals surface area contributed by atoms with Crippen molar-refractivity contribution in [2.45, 2.75) is 19.9 Å². The monoisotopic (exact) mass is 377 g/mol. The van der Waals surface area contributed by atoms with Crippen molar-refractivity contribution in [3.63, 3.8) is 0 Å². The lowest BCUT2D eigenvalue weighted by atomic mass is 10.0. The topological polar surface area (TPSA) is 73.9 Å². The van der Waals surface area contributed by atoms with Crippen LogP contribution in [0.4, 0.5) is 0 Å². The zero-order valence-corrected chi connectivity index (χ0v) is 15.9. The van der Waals surface area contributed by atoms with E-state index in [1.54, 1.807) is 43.5 Å². The Bertz CT molecular complexity index is 697. The molecule has 0 saturated carbocycles. The van der Waals surface area contributed by atoms with Gasteiger partial charge in [0.05, 0.1) is 12.0 Å². The van der Waals surface area contributed by atoms with Gasteiger partial charge >= 0.3 is 5.97 Å². The first-order valence-electron chi connectivity index (χ1n) is 8.29. The van der Waals surface area contributed by atoms with E-state index in [2.05, 4.69) is 5.32 Å². The van der Waals surface area contributed by atoms with Crippen LogP contribution >= 0.6 is 11.3 Å². The molecule has 2 aromatic rings. The average molecular weight is 377 g/mol. The van der Waals surface area contributed by atoms with E-state index in [4.69, 9.17) is 14.2 Å². The summed E-state index contributed by atoms with van der Waals surface area (Å²) in [6, 6.07) is 9.93. The van der Waals surface area contributed by atoms with E-state index < -0.39 is 12.0 Å². The van der Waals surface area contributed by atoms with Crippen LogP contribution in [-0.2, 0) is 9.53 Å². The number of thiophene rings is 1. The van der Waals surface area contributed by atoms with Gasteiger partial charge < -0.3 is 19.5 Å². The third-order valence-electron chi connectivity index (χ3n) is 3.61. The van der Waals surface area contributed by atoms with E-state index in [1.807, 2.05) is 19.2 Å². The number of esters is 1. The molecule has 1 aromatic carbocycles. The lowest BCUT2D eigenvalue weighted by molar-refractivity contribution is -0.147. The molecule has 1 heterocycles. The molecular formula is C19H23NO5S. The SMILES string of the molecule is COc1ccc(OCCOC(=O)C(NC(=O)c2cccs2)C(C)C)cc1. The Morgan fingerprint density at radius 2 is 1.77 bits per heavy atom. The molecule has 1 amide bonds. The minimum Gasteiger partial charge on any atom is -0.497 e. The molecule has 0 fully saturated rings. The summed E-state index contributed by atoms with van der Waals surface area (Å²) in [5, 5.41) is 4.55. The first-order chi connectivity index (χ1) is 12.5. The van der Waals surface area contributed by atoms with Gasteiger partial charge in [0, 0.05) is 0 Å². The summed E-state index contributed by atoms with van der Waals surface area (Å²) in [4.78, 5) is 25.0. The Labute approximate surface area is 157 Å². The van der Waals surface area contributed by atoms with Crippen molar-refractivity contribution in [1.82, 2.24) is 5.32 Å². The van der Waals surface area contributed by atoms with Gasteiger partial charge in [-0.1, -0.05) is 19.9 Å². The molecule has 0 aliphatic carbocycles. The smallest absolute Gasteiger partial charge is 0.329 e. The normalized spacial score (nSPS) is 11.7. The number of carbonyl (C=O) groups excluding carboxylic acids is 2. The number of carbonyl (C=O) groups is 2. The van der Waals surface area contributed by atoms with E-state index in [0.717, 1.165) is 5.75 Å². The molecule has 2 rings (SSSR count). The summed E-state index contributed by atoms with van der Waals surface area (Å²) in [5.41, 5.74) is 0. The molecule has 7 heteroatoms. The lowest BCUT2D eigenvalue weighted by Gasteiger charge is -2.20. The maximum atomic E-state index is 12.3. The van der Waals surface area contributed by atoms with Gasteiger partial charge in [0.1, 0.15) is 30.8 Å². The number of hydrogen-bond donors (Lipinski definition) is 1. The van der Waals surface area contributed by atoms with Crippen molar-refractivity contribution >= 4 is 23.2 Å². The number of hydrogen-bond acceptors (Lipinski definition) is 6. The highest BCUT2D eigenvalue weighted by atomic mass is 32.1. The Kier molecular flexibility index (Phi) is 7.47. The van der Waals surface area contributed by atoms with Crippen LogP contribution in [0.5, 0.6) is 11.5 Å². The summed E-state index contributed by atoms with van der Waals surface area (Å²) < 4.78 is 15.8. The van der Waals surface area contributed by atoms with Crippen molar-refractivity contribution in [3.05, 3.63) is 46.7 Å². The van der Waals surface area contributed by atoms with E-state index >= 15 is 0 Å². The number of amides is 1. The van der Waals surface area contributed by atoms with Gasteiger partial charge in [-0.25, -0.2) is 4.79 Å². The first kappa shape index (κ1) is 19.8. The summed E-state index contributed by atoms with van der Waals surface area (Å²) >= 11 is 1.33. The van der Waals surface area contributed by atoms with Crippen LogP contribution in [0, 0.1) is 5.92 Å². The van der Waals surface area contributed by atoms with Crippen LogP contribution in [0.3, 0.4) is 0 Å². The minimum absolute atomic E-state index is 0.0890. The fraction of sp³-hybridized carbons (Fsp3) is 0.368. The second-order valence-electron chi connectivity index (χ2n) is 5.86. The van der Waals surface area contributed by atoms with Crippen LogP contribution in [0.1, 0.15) is 23.5 Å². The summed E-state index contributed by atoms with van der Waals surface area (Å²) in [7, 11) is 1.59. The zero-order chi connectivity index (χ0) is 18.9. The maximum Gasteiger partial charge on any atom is 0.329 e. The largest absolute Gasteiger partial charge is 0.497 e. The molecule has 0 aliphatic heterocycles. The number of ether oxygens (including phenoxy) is 3. The molecule has 1 atom stereocenters. The Morgan fingerprint density at radius 3 is 2.35 bits per heavy atom. The van der Waals surface area contributed by atoms with Crippen LogP contribution in [-0.4, -0.2) is 38.2 Å². The van der Waals surface area contributed by atoms with Crippen molar-refractivity contribution in [3.8, 4) is 11.5 Å². The molecule has 6 nitrogen and oxygen atoms in total. The van der Waals surface area contributed by atoms with Crippen molar-refractivity contribution in [2.75, 3.05) is 20.3 Å². The number of nitrogens with one attached hydrogen (secondary N) is 1.